The van der Waals surface area contributed by atoms with E-state index in [1.807, 2.05) is 55.4 Å². The molecule has 0 saturated heterocycles. The Hall–Kier alpha value is -0.550. The highest BCUT2D eigenvalue weighted by molar-refractivity contribution is 7.72. The number of nitrogens with zero attached hydrogens (tertiary/aromatic N) is 1. The van der Waals surface area contributed by atoms with Crippen LogP contribution in [-0.2, 0) is 44.5 Å². The van der Waals surface area contributed by atoms with Gasteiger partial charge in [-0.3, -0.25) is 14.1 Å². The van der Waals surface area contributed by atoms with Crippen molar-refractivity contribution in [3.05, 3.63) is 29.1 Å². The maximum Gasteiger partial charge on any atom is 0.346 e. The molecule has 0 N–H and O–H groups in total. The zero-order chi connectivity index (χ0) is 31.3. The van der Waals surface area contributed by atoms with Crippen molar-refractivity contribution >= 4 is 15.2 Å². The van der Waals surface area contributed by atoms with Crippen molar-refractivity contribution in [2.45, 2.75) is 162 Å². The molecule has 9 heteroatoms. The second kappa shape index (κ2) is 12.7. The number of hydrogen-bond donors (Lipinski definition) is 0. The Morgan fingerprint density at radius 3 is 1.45 bits per heavy atom. The van der Waals surface area contributed by atoms with Gasteiger partial charge in [0, 0.05) is 22.2 Å². The van der Waals surface area contributed by atoms with Gasteiger partial charge in [-0.2, -0.15) is 0 Å². The molecule has 0 amide bonds. The lowest BCUT2D eigenvalue weighted by atomic mass is 9.48. The molecule has 4 fully saturated rings. The Balaban J connectivity index is 1.87. The number of rotatable bonds is 13. The first-order valence-corrected chi connectivity index (χ1v) is 19.5. The molecule has 42 heavy (non-hydrogen) atoms. The summed E-state index contributed by atoms with van der Waals surface area (Å²) in [6.45, 7) is 21.1. The van der Waals surface area contributed by atoms with Crippen LogP contribution in [-0.4, -0.2) is 34.8 Å². The van der Waals surface area contributed by atoms with Crippen LogP contribution in [0.4, 0.5) is 0 Å². The van der Waals surface area contributed by atoms with E-state index in [1.54, 1.807) is 0 Å². The summed E-state index contributed by atoms with van der Waals surface area (Å²) in [5, 5.41) is -1.13. The van der Waals surface area contributed by atoms with Gasteiger partial charge in [0.2, 0.25) is 0 Å². The molecule has 4 aliphatic rings. The fourth-order valence-electron chi connectivity index (χ4n) is 7.90. The van der Waals surface area contributed by atoms with Crippen LogP contribution >= 0.6 is 15.2 Å². The first kappa shape index (κ1) is 34.3. The van der Waals surface area contributed by atoms with Crippen LogP contribution < -0.4 is 0 Å². The van der Waals surface area contributed by atoms with Crippen molar-refractivity contribution in [3.8, 4) is 0 Å². The van der Waals surface area contributed by atoms with Crippen LogP contribution in [0.15, 0.2) is 12.1 Å². The van der Waals surface area contributed by atoms with Crippen molar-refractivity contribution in [1.82, 2.24) is 4.98 Å². The Morgan fingerprint density at radius 1 is 0.738 bits per heavy atom. The SMILES string of the molecule is CC(C)OP(=O)(OC(C)C)C(Cc1cc(C(C)(C)C)nc(C23CC4CC(CC(C4)C2)C3)c1)P(=O)(OC(C)C)OC(C)C. The minimum Gasteiger partial charge on any atom is -0.305 e. The molecule has 5 rings (SSSR count). The molecule has 1 aromatic rings. The third-order valence-electron chi connectivity index (χ3n) is 8.81. The molecule has 4 saturated carbocycles. The summed E-state index contributed by atoms with van der Waals surface area (Å²) in [4.78, 5) is 5.36. The van der Waals surface area contributed by atoms with E-state index in [0.717, 1.165) is 34.7 Å². The lowest BCUT2D eigenvalue weighted by Gasteiger charge is -2.56. The Labute approximate surface area is 255 Å². The maximum atomic E-state index is 14.8. The molecule has 0 aliphatic heterocycles. The van der Waals surface area contributed by atoms with Gasteiger partial charge in [0.1, 0.15) is 0 Å². The van der Waals surface area contributed by atoms with Crippen molar-refractivity contribution < 1.29 is 27.2 Å². The lowest BCUT2D eigenvalue weighted by Crippen LogP contribution is -2.49. The third kappa shape index (κ3) is 7.80. The lowest BCUT2D eigenvalue weighted by molar-refractivity contribution is -0.00737. The highest BCUT2D eigenvalue weighted by atomic mass is 31.2. The highest BCUT2D eigenvalue weighted by Crippen LogP contribution is 2.72. The molecule has 0 atom stereocenters. The van der Waals surface area contributed by atoms with Gasteiger partial charge in [0.25, 0.3) is 0 Å². The van der Waals surface area contributed by atoms with Crippen molar-refractivity contribution in [3.63, 3.8) is 0 Å². The Morgan fingerprint density at radius 2 is 1.12 bits per heavy atom. The summed E-state index contributed by atoms with van der Waals surface area (Å²) in [5.74, 6) is 2.35. The van der Waals surface area contributed by atoms with Gasteiger partial charge in [0.05, 0.1) is 24.4 Å². The monoisotopic (exact) mass is 625 g/mol. The first-order valence-electron chi connectivity index (χ1n) is 16.3. The van der Waals surface area contributed by atoms with Crippen molar-refractivity contribution in [2.75, 3.05) is 0 Å². The predicted molar refractivity (Wildman–Crippen MR) is 170 cm³/mol. The first-order chi connectivity index (χ1) is 19.3. The van der Waals surface area contributed by atoms with Gasteiger partial charge >= 0.3 is 15.2 Å². The van der Waals surface area contributed by atoms with Crippen LogP contribution in [0, 0.1) is 17.8 Å². The summed E-state index contributed by atoms with van der Waals surface area (Å²) < 4.78 is 54.1. The summed E-state index contributed by atoms with van der Waals surface area (Å²) >= 11 is 0. The van der Waals surface area contributed by atoms with E-state index in [2.05, 4.69) is 32.9 Å². The van der Waals surface area contributed by atoms with Gasteiger partial charge in [-0.05, 0) is 136 Å². The van der Waals surface area contributed by atoms with Crippen LogP contribution in [0.25, 0.3) is 0 Å². The van der Waals surface area contributed by atoms with E-state index in [9.17, 15) is 9.13 Å². The normalized spacial score (nSPS) is 26.5. The maximum absolute atomic E-state index is 14.8. The standard InChI is InChI=1S/C33H57NO6P2/c1-21(2)37-41(35,38-22(3)4)31(42(36,39-23(5)6)40-24(7)8)17-25-15-29(32(9,10)11)34-30(16-25)33-18-26-12-27(19-33)14-28(13-26)20-33/h15-16,21-24,26-28,31H,12-14,17-20H2,1-11H3. The molecular weight excluding hydrogens is 568 g/mol. The third-order valence-corrected chi connectivity index (χ3v) is 15.2. The van der Waals surface area contributed by atoms with Crippen molar-refractivity contribution in [1.29, 1.82) is 0 Å². The van der Waals surface area contributed by atoms with Crippen LogP contribution in [0.3, 0.4) is 0 Å². The van der Waals surface area contributed by atoms with E-state index in [-0.39, 0.29) is 17.3 Å². The average molecular weight is 626 g/mol. The smallest absolute Gasteiger partial charge is 0.305 e. The largest absolute Gasteiger partial charge is 0.346 e. The van der Waals surface area contributed by atoms with Gasteiger partial charge in [0.15, 0.2) is 5.40 Å². The van der Waals surface area contributed by atoms with Crippen LogP contribution in [0.5, 0.6) is 0 Å². The predicted octanol–water partition coefficient (Wildman–Crippen LogP) is 9.80. The topological polar surface area (TPSA) is 84.0 Å². The van der Waals surface area contributed by atoms with E-state index >= 15 is 0 Å². The zero-order valence-electron chi connectivity index (χ0n) is 28.0. The van der Waals surface area contributed by atoms with Gasteiger partial charge in [-0.15, -0.1) is 0 Å². The summed E-state index contributed by atoms with van der Waals surface area (Å²) in [7, 11) is -8.01. The molecule has 0 aromatic carbocycles. The minimum atomic E-state index is -4.00. The molecule has 4 aliphatic carbocycles. The summed E-state index contributed by atoms with van der Waals surface area (Å²) in [6.07, 6.45) is 6.20. The highest BCUT2D eigenvalue weighted by Gasteiger charge is 2.55. The summed E-state index contributed by atoms with van der Waals surface area (Å²) in [6, 6.07) is 4.31. The second-order valence-corrected chi connectivity index (χ2v) is 20.2. The quantitative estimate of drug-likeness (QED) is 0.202. The van der Waals surface area contributed by atoms with E-state index in [4.69, 9.17) is 23.1 Å². The Kier molecular flexibility index (Phi) is 10.4. The van der Waals surface area contributed by atoms with Crippen LogP contribution in [0.2, 0.25) is 0 Å². The molecule has 0 unspecified atom stereocenters. The number of hydrogen-bond acceptors (Lipinski definition) is 7. The molecular formula is C33H57NO6P2. The summed E-state index contributed by atoms with van der Waals surface area (Å²) in [5.41, 5.74) is 2.97. The number of pyridine rings is 1. The van der Waals surface area contributed by atoms with Crippen LogP contribution in [0.1, 0.15) is 132 Å². The second-order valence-electron chi connectivity index (χ2n) is 15.6. The molecule has 1 heterocycles. The molecule has 240 valence electrons. The molecule has 4 bridgehead atoms. The molecule has 0 spiro atoms. The zero-order valence-corrected chi connectivity index (χ0v) is 29.8. The number of aromatic nitrogens is 1. The molecule has 0 radical (unpaired) electrons. The minimum absolute atomic E-state index is 0.0827. The Bertz CT molecular complexity index is 1090. The fourth-order valence-corrected chi connectivity index (χ4v) is 13.8. The van der Waals surface area contributed by atoms with E-state index < -0.39 is 45.0 Å². The average Bonchev–Trinajstić information content (AvgIpc) is 2.78. The van der Waals surface area contributed by atoms with Gasteiger partial charge in [-0.1, -0.05) is 20.8 Å². The van der Waals surface area contributed by atoms with E-state index in [1.165, 1.54) is 38.5 Å². The fraction of sp³-hybridized carbons (Fsp3) is 0.848. The van der Waals surface area contributed by atoms with Gasteiger partial charge in [-0.25, -0.2) is 0 Å². The van der Waals surface area contributed by atoms with E-state index in [0.29, 0.717) is 0 Å². The molecule has 7 nitrogen and oxygen atoms in total. The molecule has 1 aromatic heterocycles. The van der Waals surface area contributed by atoms with Crippen molar-refractivity contribution in [2.24, 2.45) is 17.8 Å². The van der Waals surface area contributed by atoms with Gasteiger partial charge < -0.3 is 18.1 Å².